The summed E-state index contributed by atoms with van der Waals surface area (Å²) in [5.41, 5.74) is -4.74. The Kier molecular flexibility index (Phi) is 7.00. The zero-order valence-electron chi connectivity index (χ0n) is 23.1. The summed E-state index contributed by atoms with van der Waals surface area (Å²) in [7, 11) is 2.41. The van der Waals surface area contributed by atoms with E-state index < -0.39 is 82.4 Å². The van der Waals surface area contributed by atoms with E-state index in [4.69, 9.17) is 18.9 Å². The fraction of sp³-hybridized carbons (Fsp3) is 0.483. The van der Waals surface area contributed by atoms with Crippen LogP contribution in [0.4, 0.5) is 0 Å². The molecule has 1 aliphatic heterocycles. The number of carbonyl (C=O) groups excluding carboxylic acids is 3. The molecule has 3 aliphatic rings. The second-order valence-corrected chi connectivity index (χ2v) is 11.2. The molecular formula is C29H32O12. The zero-order valence-corrected chi connectivity index (χ0v) is 23.1. The zero-order chi connectivity index (χ0) is 30.2. The van der Waals surface area contributed by atoms with Crippen LogP contribution in [0.2, 0.25) is 0 Å². The number of aromatic hydroxyl groups is 2. The monoisotopic (exact) mass is 572 g/mol. The van der Waals surface area contributed by atoms with Crippen LogP contribution in [0, 0.1) is 0 Å². The number of methoxy groups -OCH3 is 2. The number of aliphatic hydroxyl groups excluding tert-OH is 1. The molecule has 0 bridgehead atoms. The lowest BCUT2D eigenvalue weighted by atomic mass is 9.68. The van der Waals surface area contributed by atoms with E-state index in [0.717, 1.165) is 7.11 Å². The summed E-state index contributed by atoms with van der Waals surface area (Å²) >= 11 is 0. The van der Waals surface area contributed by atoms with Crippen LogP contribution in [0.25, 0.3) is 0 Å². The number of rotatable bonds is 4. The molecule has 0 amide bonds. The third-order valence-electron chi connectivity index (χ3n) is 8.42. The predicted molar refractivity (Wildman–Crippen MR) is 139 cm³/mol. The largest absolute Gasteiger partial charge is 0.507 e. The molecule has 1 heterocycles. The number of fused-ring (bicyclic) bond motifs is 3. The maximum Gasteiger partial charge on any atom is 0.316 e. The van der Waals surface area contributed by atoms with Gasteiger partial charge in [-0.3, -0.25) is 14.4 Å². The van der Waals surface area contributed by atoms with E-state index in [0.29, 0.717) is 0 Å². The van der Waals surface area contributed by atoms with Gasteiger partial charge < -0.3 is 44.5 Å². The van der Waals surface area contributed by atoms with Crippen LogP contribution in [-0.4, -0.2) is 93.1 Å². The molecule has 8 atom stereocenters. The Morgan fingerprint density at radius 1 is 1.05 bits per heavy atom. The maximum absolute atomic E-state index is 13.6. The van der Waals surface area contributed by atoms with Gasteiger partial charge in [0.2, 0.25) is 5.78 Å². The first kappa shape index (κ1) is 29.1. The van der Waals surface area contributed by atoms with Crippen LogP contribution in [-0.2, 0) is 23.7 Å². The van der Waals surface area contributed by atoms with Crippen molar-refractivity contribution in [2.24, 2.45) is 0 Å². The summed E-state index contributed by atoms with van der Waals surface area (Å²) in [6.07, 6.45) is -6.40. The van der Waals surface area contributed by atoms with E-state index in [1.807, 2.05) is 0 Å². The van der Waals surface area contributed by atoms with E-state index in [9.17, 15) is 39.9 Å². The third kappa shape index (κ3) is 4.25. The highest BCUT2D eigenvalue weighted by Gasteiger charge is 2.55. The summed E-state index contributed by atoms with van der Waals surface area (Å²) in [6.45, 7) is 4.23. The summed E-state index contributed by atoms with van der Waals surface area (Å²) in [5, 5.41) is 55.0. The van der Waals surface area contributed by atoms with Crippen molar-refractivity contribution in [3.63, 3.8) is 0 Å². The normalized spacial score (nSPS) is 34.4. The van der Waals surface area contributed by atoms with E-state index >= 15 is 0 Å². The Balaban J connectivity index is 1.71. The van der Waals surface area contributed by atoms with Gasteiger partial charge in [-0.1, -0.05) is 12.1 Å². The second-order valence-electron chi connectivity index (χ2n) is 11.2. The highest BCUT2D eigenvalue weighted by molar-refractivity contribution is 6.30. The lowest BCUT2D eigenvalue weighted by molar-refractivity contribution is -0.338. The lowest BCUT2D eigenvalue weighted by Gasteiger charge is -2.49. The van der Waals surface area contributed by atoms with Crippen molar-refractivity contribution >= 4 is 17.5 Å². The molecule has 5 rings (SSSR count). The van der Waals surface area contributed by atoms with Crippen LogP contribution in [0.3, 0.4) is 0 Å². The van der Waals surface area contributed by atoms with E-state index in [2.05, 4.69) is 0 Å². The van der Waals surface area contributed by atoms with Gasteiger partial charge in [-0.25, -0.2) is 0 Å². The molecule has 0 radical (unpaired) electrons. The van der Waals surface area contributed by atoms with Gasteiger partial charge in [0.25, 0.3) is 0 Å². The van der Waals surface area contributed by atoms with Gasteiger partial charge >= 0.3 is 5.97 Å². The van der Waals surface area contributed by atoms with Gasteiger partial charge in [0.05, 0.1) is 36.0 Å². The van der Waals surface area contributed by atoms with Gasteiger partial charge in [-0.2, -0.15) is 0 Å². The van der Waals surface area contributed by atoms with Crippen LogP contribution >= 0.6 is 0 Å². The Bertz CT molecular complexity index is 1440. The third-order valence-corrected chi connectivity index (χ3v) is 8.42. The number of hydrogen-bond acceptors (Lipinski definition) is 12. The topological polar surface area (TPSA) is 189 Å². The first-order valence-corrected chi connectivity index (χ1v) is 13.0. The van der Waals surface area contributed by atoms with Crippen molar-refractivity contribution in [3.8, 4) is 11.5 Å². The molecule has 5 N–H and O–H groups in total. The Morgan fingerprint density at radius 2 is 1.73 bits per heavy atom. The highest BCUT2D eigenvalue weighted by atomic mass is 16.7. The molecule has 1 saturated heterocycles. The molecule has 41 heavy (non-hydrogen) atoms. The van der Waals surface area contributed by atoms with Crippen molar-refractivity contribution in [3.05, 3.63) is 57.6 Å². The molecule has 2 aromatic rings. The molecule has 12 heteroatoms. The molecule has 220 valence electrons. The summed E-state index contributed by atoms with van der Waals surface area (Å²) in [5.74, 6) is -4.86. The minimum absolute atomic E-state index is 0.0104. The average Bonchev–Trinajstić information content (AvgIpc) is 2.89. The molecule has 2 aromatic carbocycles. The number of esters is 1. The number of phenols is 2. The van der Waals surface area contributed by atoms with Gasteiger partial charge in [0.1, 0.15) is 35.2 Å². The molecule has 1 fully saturated rings. The number of phenolic OH excluding ortho intramolecular Hbond substituents is 2. The summed E-state index contributed by atoms with van der Waals surface area (Å²) in [4.78, 5) is 40.1. The number of benzene rings is 2. The van der Waals surface area contributed by atoms with Crippen molar-refractivity contribution in [2.45, 2.75) is 75.0 Å². The molecule has 0 spiro atoms. The average molecular weight is 573 g/mol. The number of ketones is 2. The number of hydrogen-bond donors (Lipinski definition) is 5. The Labute approximate surface area is 235 Å². The van der Waals surface area contributed by atoms with Crippen LogP contribution in [0.5, 0.6) is 11.5 Å². The molecule has 0 saturated carbocycles. The molecule has 0 aromatic heterocycles. The van der Waals surface area contributed by atoms with Crippen molar-refractivity contribution in [1.82, 2.24) is 0 Å². The van der Waals surface area contributed by atoms with Gasteiger partial charge in [-0.15, -0.1) is 0 Å². The number of aliphatic hydroxyl groups is 3. The SMILES string of the molecule is COC(=O)C1c2cc3c(c(O)c2C(OC2OC(C)C(O)C(C)(O)C2OC)CC1(C)O)C(=O)c1c(O)cccc1C3=O. The van der Waals surface area contributed by atoms with E-state index in [-0.39, 0.29) is 34.2 Å². The van der Waals surface area contributed by atoms with Gasteiger partial charge in [0.15, 0.2) is 12.1 Å². The smallest absolute Gasteiger partial charge is 0.316 e. The summed E-state index contributed by atoms with van der Waals surface area (Å²) in [6, 6.07) is 5.26. The molecule has 12 nitrogen and oxygen atoms in total. The minimum atomic E-state index is -1.84. The number of ether oxygens (including phenoxy) is 4. The Morgan fingerprint density at radius 3 is 2.37 bits per heavy atom. The fourth-order valence-corrected chi connectivity index (χ4v) is 6.37. The van der Waals surface area contributed by atoms with Crippen LogP contribution in [0.15, 0.2) is 24.3 Å². The maximum atomic E-state index is 13.6. The standard InChI is InChI=1S/C29H32O12/c1-11-24(34)29(3,37)25(38-4)27(40-11)41-16-10-28(2,36)20(26(35)39-5)13-9-14-19(23(33)18(13)16)22(32)17-12(21(14)31)7-6-8-15(17)30/h6-9,11,16,20,24-25,27,30,33-34,36-37H,10H2,1-5H3. The molecule has 2 aliphatic carbocycles. The first-order valence-electron chi connectivity index (χ1n) is 13.0. The van der Waals surface area contributed by atoms with E-state index in [1.165, 1.54) is 52.1 Å². The lowest BCUT2D eigenvalue weighted by Crippen LogP contribution is -2.65. The predicted octanol–water partition coefficient (Wildman–Crippen LogP) is 1.21. The van der Waals surface area contributed by atoms with Gasteiger partial charge in [-0.05, 0) is 38.5 Å². The van der Waals surface area contributed by atoms with Crippen molar-refractivity contribution in [1.29, 1.82) is 0 Å². The first-order chi connectivity index (χ1) is 19.2. The van der Waals surface area contributed by atoms with Gasteiger partial charge in [0, 0.05) is 30.2 Å². The Hall–Kier alpha value is -3.39. The number of carbonyl (C=O) groups is 3. The summed E-state index contributed by atoms with van der Waals surface area (Å²) < 4.78 is 22.4. The van der Waals surface area contributed by atoms with E-state index in [1.54, 1.807) is 0 Å². The second kappa shape index (κ2) is 9.86. The van der Waals surface area contributed by atoms with Crippen LogP contribution < -0.4 is 0 Å². The fourth-order valence-electron chi connectivity index (χ4n) is 6.37. The molecular weight excluding hydrogens is 540 g/mol. The molecule has 8 unspecified atom stereocenters. The quantitative estimate of drug-likeness (QED) is 0.282. The minimum Gasteiger partial charge on any atom is -0.507 e. The highest BCUT2D eigenvalue weighted by Crippen LogP contribution is 2.53. The van der Waals surface area contributed by atoms with Crippen molar-refractivity contribution < 1.29 is 58.9 Å². The van der Waals surface area contributed by atoms with Crippen molar-refractivity contribution in [2.75, 3.05) is 14.2 Å². The van der Waals surface area contributed by atoms with Crippen LogP contribution in [0.1, 0.15) is 82.2 Å².